The van der Waals surface area contributed by atoms with E-state index in [0.29, 0.717) is 16.4 Å². The van der Waals surface area contributed by atoms with Crippen molar-refractivity contribution in [3.63, 3.8) is 0 Å². The van der Waals surface area contributed by atoms with E-state index in [2.05, 4.69) is 15.5 Å². The van der Waals surface area contributed by atoms with E-state index in [0.717, 1.165) is 15.5 Å². The first-order valence-electron chi connectivity index (χ1n) is 7.46. The summed E-state index contributed by atoms with van der Waals surface area (Å²) in [7, 11) is 0. The molecule has 4 rings (SSSR count). The van der Waals surface area contributed by atoms with Crippen LogP contribution in [-0.4, -0.2) is 16.2 Å². The fraction of sp³-hybridized carbons (Fsp3) is 0.118. The van der Waals surface area contributed by atoms with Crippen LogP contribution in [0.3, 0.4) is 0 Å². The van der Waals surface area contributed by atoms with Crippen molar-refractivity contribution in [1.82, 2.24) is 10.2 Å². The number of nitrogens with one attached hydrogen (secondary N) is 1. The third kappa shape index (κ3) is 3.49. The van der Waals surface area contributed by atoms with E-state index >= 15 is 0 Å². The average molecular weight is 373 g/mol. The van der Waals surface area contributed by atoms with E-state index in [1.165, 1.54) is 35.2 Å². The molecule has 0 bridgehead atoms. The molecule has 0 saturated carbocycles. The van der Waals surface area contributed by atoms with Crippen molar-refractivity contribution in [3.8, 4) is 0 Å². The summed E-state index contributed by atoms with van der Waals surface area (Å²) in [6.45, 7) is 0. The fourth-order valence-electron chi connectivity index (χ4n) is 2.42. The number of carbonyl (C=O) groups excluding carboxylic acids is 1. The highest BCUT2D eigenvalue weighted by Gasteiger charge is 2.31. The van der Waals surface area contributed by atoms with E-state index in [-0.39, 0.29) is 11.8 Å². The average Bonchev–Trinajstić information content (AvgIpc) is 3.20. The van der Waals surface area contributed by atoms with Gasteiger partial charge in [0.1, 0.15) is 5.82 Å². The Labute approximate surface area is 151 Å². The molecule has 2 aromatic carbocycles. The van der Waals surface area contributed by atoms with E-state index < -0.39 is 6.23 Å². The SMILES string of the molecule is O=C1OC(Nc2nnc(SCc3ccc(F)cc3)s2)c2ccccc21. The first kappa shape index (κ1) is 16.0. The zero-order valence-electron chi connectivity index (χ0n) is 12.8. The number of carbonyl (C=O) groups is 1. The normalized spacial score (nSPS) is 15.7. The van der Waals surface area contributed by atoms with Crippen LogP contribution in [0.25, 0.3) is 0 Å². The van der Waals surface area contributed by atoms with Gasteiger partial charge in [0.05, 0.1) is 5.56 Å². The molecule has 5 nitrogen and oxygen atoms in total. The van der Waals surface area contributed by atoms with Crippen LogP contribution in [0.5, 0.6) is 0 Å². The summed E-state index contributed by atoms with van der Waals surface area (Å²) in [6.07, 6.45) is -0.549. The zero-order valence-corrected chi connectivity index (χ0v) is 14.4. The summed E-state index contributed by atoms with van der Waals surface area (Å²) in [5, 5.41) is 11.9. The molecule has 1 aliphatic rings. The van der Waals surface area contributed by atoms with Gasteiger partial charge in [-0.1, -0.05) is 53.4 Å². The maximum Gasteiger partial charge on any atom is 0.340 e. The first-order chi connectivity index (χ1) is 12.2. The highest BCUT2D eigenvalue weighted by Crippen LogP contribution is 2.34. The minimum atomic E-state index is -0.549. The van der Waals surface area contributed by atoms with Gasteiger partial charge >= 0.3 is 5.97 Å². The summed E-state index contributed by atoms with van der Waals surface area (Å²) in [5.41, 5.74) is 2.37. The van der Waals surface area contributed by atoms with Gasteiger partial charge in [0.25, 0.3) is 0 Å². The number of benzene rings is 2. The van der Waals surface area contributed by atoms with Gasteiger partial charge in [-0.15, -0.1) is 10.2 Å². The molecule has 0 spiro atoms. The second kappa shape index (κ2) is 6.81. The number of rotatable bonds is 5. The second-order valence-corrected chi connectivity index (χ2v) is 7.51. The lowest BCUT2D eigenvalue weighted by atomic mass is 10.1. The predicted molar refractivity (Wildman–Crippen MR) is 94.1 cm³/mol. The molecule has 0 saturated heterocycles. The van der Waals surface area contributed by atoms with Crippen LogP contribution < -0.4 is 5.32 Å². The monoisotopic (exact) mass is 373 g/mol. The van der Waals surface area contributed by atoms with Crippen LogP contribution >= 0.6 is 23.1 Å². The quantitative estimate of drug-likeness (QED) is 0.533. The van der Waals surface area contributed by atoms with Gasteiger partial charge in [0, 0.05) is 11.3 Å². The molecule has 1 N–H and O–H groups in total. The molecule has 0 fully saturated rings. The molecule has 1 unspecified atom stereocenters. The molecule has 126 valence electrons. The van der Waals surface area contributed by atoms with Crippen molar-refractivity contribution in [3.05, 3.63) is 71.0 Å². The van der Waals surface area contributed by atoms with Crippen molar-refractivity contribution in [2.45, 2.75) is 16.3 Å². The summed E-state index contributed by atoms with van der Waals surface area (Å²) in [6, 6.07) is 13.6. The maximum atomic E-state index is 12.9. The zero-order chi connectivity index (χ0) is 17.2. The number of fused-ring (bicyclic) bond motifs is 1. The second-order valence-electron chi connectivity index (χ2n) is 5.31. The highest BCUT2D eigenvalue weighted by atomic mass is 32.2. The maximum absolute atomic E-state index is 12.9. The van der Waals surface area contributed by atoms with Crippen LogP contribution in [0.15, 0.2) is 52.9 Å². The topological polar surface area (TPSA) is 64.1 Å². The largest absolute Gasteiger partial charge is 0.434 e. The van der Waals surface area contributed by atoms with Crippen molar-refractivity contribution in [1.29, 1.82) is 0 Å². The molecule has 1 atom stereocenters. The smallest absolute Gasteiger partial charge is 0.340 e. The summed E-state index contributed by atoms with van der Waals surface area (Å²) < 4.78 is 19.0. The molecule has 2 heterocycles. The van der Waals surface area contributed by atoms with Crippen molar-refractivity contribution >= 4 is 34.2 Å². The molecule has 0 aliphatic carbocycles. The van der Waals surface area contributed by atoms with Crippen molar-refractivity contribution in [2.24, 2.45) is 0 Å². The standard InChI is InChI=1S/C17H12FN3O2S2/c18-11-7-5-10(6-8-11)9-24-17-21-20-16(25-17)19-14-12-3-1-2-4-13(12)15(22)23-14/h1-8,14H,9H2,(H,19,20). The van der Waals surface area contributed by atoms with Gasteiger partial charge in [-0.2, -0.15) is 0 Å². The van der Waals surface area contributed by atoms with Crippen LogP contribution in [0.4, 0.5) is 9.52 Å². The van der Waals surface area contributed by atoms with Crippen LogP contribution in [0, 0.1) is 5.82 Å². The number of ether oxygens (including phenoxy) is 1. The first-order valence-corrected chi connectivity index (χ1v) is 9.26. The lowest BCUT2D eigenvalue weighted by Crippen LogP contribution is -2.09. The van der Waals surface area contributed by atoms with Crippen LogP contribution in [-0.2, 0) is 10.5 Å². The Morgan fingerprint density at radius 3 is 2.80 bits per heavy atom. The van der Waals surface area contributed by atoms with Crippen molar-refractivity contribution in [2.75, 3.05) is 5.32 Å². The van der Waals surface area contributed by atoms with E-state index in [9.17, 15) is 9.18 Å². The third-order valence-electron chi connectivity index (χ3n) is 3.62. The number of esters is 1. The Balaban J connectivity index is 1.40. The molecule has 0 radical (unpaired) electrons. The van der Waals surface area contributed by atoms with Gasteiger partial charge in [-0.05, 0) is 23.8 Å². The molecule has 3 aromatic rings. The number of cyclic esters (lactones) is 1. The Morgan fingerprint density at radius 2 is 1.96 bits per heavy atom. The number of halogens is 1. The Morgan fingerprint density at radius 1 is 1.16 bits per heavy atom. The Hall–Kier alpha value is -2.45. The summed E-state index contributed by atoms with van der Waals surface area (Å²) in [5.74, 6) is 0.0851. The third-order valence-corrected chi connectivity index (χ3v) is 5.68. The number of hydrogen-bond acceptors (Lipinski definition) is 7. The van der Waals surface area contributed by atoms with E-state index in [1.54, 1.807) is 24.3 Å². The number of anilines is 1. The lowest BCUT2D eigenvalue weighted by Gasteiger charge is -2.10. The van der Waals surface area contributed by atoms with E-state index in [1.807, 2.05) is 12.1 Å². The highest BCUT2D eigenvalue weighted by molar-refractivity contribution is 8.00. The number of thioether (sulfide) groups is 1. The summed E-state index contributed by atoms with van der Waals surface area (Å²) in [4.78, 5) is 11.8. The molecule has 0 amide bonds. The number of hydrogen-bond donors (Lipinski definition) is 1. The van der Waals surface area contributed by atoms with Crippen LogP contribution in [0.2, 0.25) is 0 Å². The van der Waals surface area contributed by atoms with Crippen molar-refractivity contribution < 1.29 is 13.9 Å². The molecule has 25 heavy (non-hydrogen) atoms. The van der Waals surface area contributed by atoms with Gasteiger partial charge in [0.15, 0.2) is 4.34 Å². The lowest BCUT2D eigenvalue weighted by molar-refractivity contribution is 0.0437. The molecular formula is C17H12FN3O2S2. The Kier molecular flexibility index (Phi) is 4.37. The number of aromatic nitrogens is 2. The Bertz CT molecular complexity index is 914. The van der Waals surface area contributed by atoms with Gasteiger partial charge in [-0.25, -0.2) is 9.18 Å². The van der Waals surface area contributed by atoms with Crippen LogP contribution in [0.1, 0.15) is 27.7 Å². The molecule has 8 heteroatoms. The van der Waals surface area contributed by atoms with Gasteiger partial charge in [0.2, 0.25) is 11.4 Å². The fourth-order valence-corrected chi connectivity index (χ4v) is 4.14. The molecular weight excluding hydrogens is 361 g/mol. The van der Waals surface area contributed by atoms with Gasteiger partial charge in [-0.3, -0.25) is 0 Å². The minimum absolute atomic E-state index is 0.248. The molecule has 1 aromatic heterocycles. The predicted octanol–water partition coefficient (Wildman–Crippen LogP) is 4.25. The van der Waals surface area contributed by atoms with E-state index in [4.69, 9.17) is 4.74 Å². The number of nitrogens with zero attached hydrogens (tertiary/aromatic N) is 2. The van der Waals surface area contributed by atoms with Gasteiger partial charge < -0.3 is 10.1 Å². The minimum Gasteiger partial charge on any atom is -0.434 e. The summed E-state index contributed by atoms with van der Waals surface area (Å²) >= 11 is 2.90. The molecule has 1 aliphatic heterocycles.